The summed E-state index contributed by atoms with van der Waals surface area (Å²) in [5.41, 5.74) is 8.87. The number of carbonyl (C=O) groups is 1. The fourth-order valence-corrected chi connectivity index (χ4v) is 4.08. The van der Waals surface area contributed by atoms with E-state index in [4.69, 9.17) is 5.73 Å². The highest BCUT2D eigenvalue weighted by molar-refractivity contribution is 6.04. The number of rotatable bonds is 5. The number of hydrogen-bond acceptors (Lipinski definition) is 6. The minimum Gasteiger partial charge on any atom is -0.507 e. The van der Waals surface area contributed by atoms with Crippen molar-refractivity contribution < 1.29 is 14.3 Å². The van der Waals surface area contributed by atoms with Crippen molar-refractivity contribution in [3.63, 3.8) is 0 Å². The van der Waals surface area contributed by atoms with E-state index in [1.54, 1.807) is 35.4 Å². The van der Waals surface area contributed by atoms with Crippen molar-refractivity contribution >= 4 is 11.6 Å². The van der Waals surface area contributed by atoms with Crippen molar-refractivity contribution in [2.24, 2.45) is 10.8 Å². The molecule has 4 aromatic rings. The monoisotopic (exact) mass is 456 g/mol. The molecule has 1 atom stereocenters. The van der Waals surface area contributed by atoms with Crippen LogP contribution in [0.2, 0.25) is 0 Å². The van der Waals surface area contributed by atoms with Gasteiger partial charge in [0.25, 0.3) is 5.91 Å². The Morgan fingerprint density at radius 2 is 1.97 bits per heavy atom. The number of carbonyl (C=O) groups excluding carboxylic acids is 1. The maximum atomic E-state index is 14.8. The number of nitrogens with zero attached hydrogens (tertiary/aromatic N) is 5. The summed E-state index contributed by atoms with van der Waals surface area (Å²) in [4.78, 5) is 17.6. The number of phenols is 1. The van der Waals surface area contributed by atoms with Gasteiger partial charge in [-0.25, -0.2) is 14.1 Å². The van der Waals surface area contributed by atoms with E-state index in [0.29, 0.717) is 17.8 Å². The minimum absolute atomic E-state index is 0.00593. The number of halogens is 1. The Labute approximate surface area is 194 Å². The van der Waals surface area contributed by atoms with Crippen molar-refractivity contribution in [3.05, 3.63) is 107 Å². The summed E-state index contributed by atoms with van der Waals surface area (Å²) in [5.74, 6) is -1.38. The van der Waals surface area contributed by atoms with Gasteiger partial charge in [0.2, 0.25) is 0 Å². The fourth-order valence-electron chi connectivity index (χ4n) is 4.08. The van der Waals surface area contributed by atoms with Crippen LogP contribution in [0.25, 0.3) is 5.69 Å². The maximum Gasteiger partial charge on any atom is 0.295 e. The highest BCUT2D eigenvalue weighted by atomic mass is 19.1. The second kappa shape index (κ2) is 8.87. The summed E-state index contributed by atoms with van der Waals surface area (Å²) < 4.78 is 16.4. The Kier molecular flexibility index (Phi) is 5.60. The number of para-hydroxylation sites is 1. The quantitative estimate of drug-likeness (QED) is 0.477. The molecule has 8 nitrogen and oxygen atoms in total. The van der Waals surface area contributed by atoms with Crippen LogP contribution in [0.1, 0.15) is 39.6 Å². The Hall–Kier alpha value is -4.37. The van der Waals surface area contributed by atoms with Crippen LogP contribution in [0.4, 0.5) is 4.39 Å². The fraction of sp³-hybridized carbons (Fsp3) is 0.120. The largest absolute Gasteiger partial charge is 0.507 e. The lowest BCUT2D eigenvalue weighted by Gasteiger charge is -2.22. The van der Waals surface area contributed by atoms with Crippen molar-refractivity contribution in [2.75, 3.05) is 0 Å². The van der Waals surface area contributed by atoms with E-state index in [-0.39, 0.29) is 23.4 Å². The number of benzene rings is 2. The van der Waals surface area contributed by atoms with Crippen molar-refractivity contribution in [1.82, 2.24) is 19.8 Å². The van der Waals surface area contributed by atoms with Crippen LogP contribution < -0.4 is 5.73 Å². The third-order valence-electron chi connectivity index (χ3n) is 5.74. The zero-order valence-corrected chi connectivity index (χ0v) is 18.0. The highest BCUT2D eigenvalue weighted by Gasteiger charge is 2.37. The zero-order valence-electron chi connectivity index (χ0n) is 18.0. The van der Waals surface area contributed by atoms with Gasteiger partial charge in [-0.15, -0.1) is 0 Å². The number of aromatic nitrogens is 3. The molecule has 0 radical (unpaired) electrons. The van der Waals surface area contributed by atoms with E-state index in [9.17, 15) is 14.3 Å². The molecule has 0 spiro atoms. The molecule has 2 aromatic carbocycles. The van der Waals surface area contributed by atoms with E-state index >= 15 is 0 Å². The van der Waals surface area contributed by atoms with E-state index < -0.39 is 17.8 Å². The lowest BCUT2D eigenvalue weighted by atomic mass is 9.97. The molecule has 1 aliphatic heterocycles. The Balaban J connectivity index is 1.54. The predicted molar refractivity (Wildman–Crippen MR) is 124 cm³/mol. The summed E-state index contributed by atoms with van der Waals surface area (Å²) >= 11 is 0. The molecule has 34 heavy (non-hydrogen) atoms. The van der Waals surface area contributed by atoms with Gasteiger partial charge in [0, 0.05) is 37.1 Å². The number of hydrogen-bond donors (Lipinski definition) is 2. The first kappa shape index (κ1) is 21.5. The molecule has 2 aromatic heterocycles. The Morgan fingerprint density at radius 1 is 1.12 bits per heavy atom. The van der Waals surface area contributed by atoms with Gasteiger partial charge in [0.1, 0.15) is 11.6 Å². The summed E-state index contributed by atoms with van der Waals surface area (Å²) in [6.45, 7) is 0.318. The third-order valence-corrected chi connectivity index (χ3v) is 5.74. The van der Waals surface area contributed by atoms with Crippen LogP contribution in [0.15, 0.2) is 84.4 Å². The first-order valence-corrected chi connectivity index (χ1v) is 10.7. The van der Waals surface area contributed by atoms with E-state index in [1.807, 2.05) is 30.3 Å². The zero-order chi connectivity index (χ0) is 23.7. The van der Waals surface area contributed by atoms with E-state index in [0.717, 1.165) is 11.3 Å². The first-order valence-electron chi connectivity index (χ1n) is 10.7. The molecule has 1 unspecified atom stereocenters. The van der Waals surface area contributed by atoms with Crippen molar-refractivity contribution in [1.29, 1.82) is 0 Å². The summed E-state index contributed by atoms with van der Waals surface area (Å²) in [6, 6.07) is 15.8. The average Bonchev–Trinajstić information content (AvgIpc) is 3.52. The molecule has 1 amide bonds. The molecule has 3 heterocycles. The van der Waals surface area contributed by atoms with Gasteiger partial charge in [-0.3, -0.25) is 9.78 Å². The van der Waals surface area contributed by atoms with E-state index in [1.165, 1.54) is 23.2 Å². The van der Waals surface area contributed by atoms with Gasteiger partial charge in [-0.1, -0.05) is 30.3 Å². The second-order valence-electron chi connectivity index (χ2n) is 7.81. The minimum atomic E-state index is -0.842. The number of phenolic OH excluding ortho intramolecular Hbond substituents is 1. The van der Waals surface area contributed by atoms with Gasteiger partial charge < -0.3 is 10.8 Å². The molecule has 170 valence electrons. The van der Waals surface area contributed by atoms with Gasteiger partial charge in [0.15, 0.2) is 5.69 Å². The lowest BCUT2D eigenvalue weighted by Crippen LogP contribution is -2.28. The topological polar surface area (TPSA) is 110 Å². The highest BCUT2D eigenvalue weighted by Crippen LogP contribution is 2.39. The number of pyridine rings is 1. The molecule has 0 fully saturated rings. The van der Waals surface area contributed by atoms with Gasteiger partial charge in [0.05, 0.1) is 23.0 Å². The molecule has 3 N–H and O–H groups in total. The van der Waals surface area contributed by atoms with Crippen LogP contribution >= 0.6 is 0 Å². The molecular weight excluding hydrogens is 435 g/mol. The average molecular weight is 456 g/mol. The van der Waals surface area contributed by atoms with Crippen LogP contribution in [0, 0.1) is 5.82 Å². The molecule has 5 rings (SSSR count). The third kappa shape index (κ3) is 3.82. The molecular formula is C25H21FN6O2. The first-order chi connectivity index (χ1) is 16.6. The SMILES string of the molecule is NCc1ccccc1-n1ccc(C(=O)N2N=C(c3cccnc3)CC2c2c(O)cccc2F)n1. The number of amides is 1. The standard InChI is InChI=1S/C25H21FN6O2/c26-18-7-3-9-23(33)24(18)22-13-20(17-6-4-11-28-15-17)30-32(22)25(34)19-10-12-31(29-19)21-8-2-1-5-16(21)14-27/h1-12,15,22,33H,13-14,27H2. The molecule has 0 saturated carbocycles. The van der Waals surface area contributed by atoms with Crippen LogP contribution in [-0.2, 0) is 6.54 Å². The number of hydrazone groups is 1. The second-order valence-corrected chi connectivity index (χ2v) is 7.81. The van der Waals surface area contributed by atoms with Crippen LogP contribution in [-0.4, -0.2) is 36.5 Å². The van der Waals surface area contributed by atoms with Gasteiger partial charge in [-0.2, -0.15) is 10.2 Å². The van der Waals surface area contributed by atoms with Gasteiger partial charge in [-0.05, 0) is 35.9 Å². The molecule has 0 aliphatic carbocycles. The number of aromatic hydroxyl groups is 1. The van der Waals surface area contributed by atoms with Crippen molar-refractivity contribution in [2.45, 2.75) is 19.0 Å². The smallest absolute Gasteiger partial charge is 0.295 e. The lowest BCUT2D eigenvalue weighted by molar-refractivity contribution is 0.0700. The van der Waals surface area contributed by atoms with E-state index in [2.05, 4.69) is 15.2 Å². The van der Waals surface area contributed by atoms with Crippen LogP contribution in [0.3, 0.4) is 0 Å². The molecule has 9 heteroatoms. The molecule has 0 bridgehead atoms. The summed E-state index contributed by atoms with van der Waals surface area (Å²) in [5, 5.41) is 20.5. The summed E-state index contributed by atoms with van der Waals surface area (Å²) in [7, 11) is 0. The normalized spacial score (nSPS) is 15.4. The maximum absolute atomic E-state index is 14.8. The molecule has 0 saturated heterocycles. The van der Waals surface area contributed by atoms with Gasteiger partial charge >= 0.3 is 0 Å². The predicted octanol–water partition coefficient (Wildman–Crippen LogP) is 3.56. The summed E-state index contributed by atoms with van der Waals surface area (Å²) in [6.07, 6.45) is 5.14. The number of nitrogens with two attached hydrogens (primary N) is 1. The Bertz CT molecular complexity index is 1360. The van der Waals surface area contributed by atoms with Crippen LogP contribution in [0.5, 0.6) is 5.75 Å². The van der Waals surface area contributed by atoms with Crippen molar-refractivity contribution in [3.8, 4) is 11.4 Å². The molecule has 1 aliphatic rings. The Morgan fingerprint density at radius 3 is 2.74 bits per heavy atom.